The Bertz CT molecular complexity index is 562. The van der Waals surface area contributed by atoms with Gasteiger partial charge in [0.2, 0.25) is 5.91 Å². The second kappa shape index (κ2) is 7.33. The first kappa shape index (κ1) is 16.4. The monoisotopic (exact) mass is 311 g/mol. The lowest BCUT2D eigenvalue weighted by molar-refractivity contribution is -0.143. The maximum absolute atomic E-state index is 13.5. The van der Waals surface area contributed by atoms with Gasteiger partial charge in [-0.15, -0.1) is 0 Å². The molecule has 0 saturated heterocycles. The molecule has 0 spiro atoms. The number of hydrogen-bond donors (Lipinski definition) is 2. The van der Waals surface area contributed by atoms with E-state index in [-0.39, 0.29) is 12.0 Å². The summed E-state index contributed by atoms with van der Waals surface area (Å²) in [5, 5.41) is 11.9. The molecule has 0 radical (unpaired) electrons. The predicted molar refractivity (Wildman–Crippen MR) is 76.2 cm³/mol. The summed E-state index contributed by atoms with van der Waals surface area (Å²) in [4.78, 5) is 23.3. The van der Waals surface area contributed by atoms with Gasteiger partial charge in [-0.1, -0.05) is 19.3 Å². The van der Waals surface area contributed by atoms with Crippen molar-refractivity contribution in [3.05, 3.63) is 35.4 Å². The molecule has 4 nitrogen and oxygen atoms in total. The number of halogens is 2. The average molecular weight is 311 g/mol. The average Bonchev–Trinajstić information content (AvgIpc) is 2.68. The molecule has 1 fully saturated rings. The summed E-state index contributed by atoms with van der Waals surface area (Å²) in [6.07, 6.45) is 3.43. The van der Waals surface area contributed by atoms with Crippen LogP contribution in [-0.2, 0) is 16.0 Å². The van der Waals surface area contributed by atoms with Gasteiger partial charge in [-0.25, -0.2) is 8.78 Å². The molecular formula is C16H19F2NO3. The Morgan fingerprint density at radius 2 is 1.91 bits per heavy atom. The van der Waals surface area contributed by atoms with E-state index in [1.807, 2.05) is 0 Å². The van der Waals surface area contributed by atoms with Gasteiger partial charge >= 0.3 is 5.97 Å². The lowest BCUT2D eigenvalue weighted by Crippen LogP contribution is -2.43. The van der Waals surface area contributed by atoms with Crippen LogP contribution >= 0.6 is 0 Å². The first-order valence-corrected chi connectivity index (χ1v) is 7.43. The fourth-order valence-electron chi connectivity index (χ4n) is 2.89. The molecule has 22 heavy (non-hydrogen) atoms. The number of carbonyl (C=O) groups is 2. The summed E-state index contributed by atoms with van der Waals surface area (Å²) < 4.78 is 26.6. The van der Waals surface area contributed by atoms with Crippen LogP contribution in [0.4, 0.5) is 8.78 Å². The number of carboxylic acid groups (broad SMARTS) is 1. The molecule has 1 amide bonds. The van der Waals surface area contributed by atoms with Crippen LogP contribution in [0.2, 0.25) is 0 Å². The molecule has 1 saturated carbocycles. The van der Waals surface area contributed by atoms with E-state index in [0.717, 1.165) is 37.5 Å². The Morgan fingerprint density at radius 3 is 2.64 bits per heavy atom. The summed E-state index contributed by atoms with van der Waals surface area (Å²) >= 11 is 0. The highest BCUT2D eigenvalue weighted by Gasteiger charge is 2.30. The Morgan fingerprint density at radius 1 is 1.18 bits per heavy atom. The molecule has 120 valence electrons. The van der Waals surface area contributed by atoms with Gasteiger partial charge in [0.25, 0.3) is 0 Å². The van der Waals surface area contributed by atoms with E-state index in [1.165, 1.54) is 0 Å². The summed E-state index contributed by atoms with van der Waals surface area (Å²) in [5.74, 6) is -3.29. The highest BCUT2D eigenvalue weighted by Crippen LogP contribution is 2.24. The van der Waals surface area contributed by atoms with Crippen molar-refractivity contribution in [2.24, 2.45) is 5.92 Å². The summed E-state index contributed by atoms with van der Waals surface area (Å²) in [5.41, 5.74) is -0.0296. The van der Waals surface area contributed by atoms with Gasteiger partial charge in [0, 0.05) is 11.6 Å². The van der Waals surface area contributed by atoms with Gasteiger partial charge in [-0.3, -0.25) is 9.59 Å². The standard InChI is InChI=1S/C16H19F2NO3/c17-11-6-7-13(18)10(8-11)9-15(20)19-14-5-3-1-2-4-12(14)16(21)22/h6-8,12,14H,1-5,9H2,(H,19,20)(H,21,22)/t12-,14+/m1/s1. The SMILES string of the molecule is O=C(Cc1cc(F)ccc1F)N[C@H]1CCCCC[C@H]1C(=O)O. The third-order valence-electron chi connectivity index (χ3n) is 4.04. The van der Waals surface area contributed by atoms with E-state index in [9.17, 15) is 23.5 Å². The van der Waals surface area contributed by atoms with Crippen LogP contribution in [0.25, 0.3) is 0 Å². The van der Waals surface area contributed by atoms with E-state index in [4.69, 9.17) is 0 Å². The molecule has 2 N–H and O–H groups in total. The van der Waals surface area contributed by atoms with Crippen molar-refractivity contribution in [3.63, 3.8) is 0 Å². The third kappa shape index (κ3) is 4.26. The molecule has 0 unspecified atom stereocenters. The zero-order chi connectivity index (χ0) is 16.1. The van der Waals surface area contributed by atoms with Crippen molar-refractivity contribution in [2.75, 3.05) is 0 Å². The number of aliphatic carboxylic acids is 1. The lowest BCUT2D eigenvalue weighted by atomic mass is 9.94. The Balaban J connectivity index is 2.03. The molecule has 2 rings (SSSR count). The van der Waals surface area contributed by atoms with E-state index < -0.39 is 35.5 Å². The van der Waals surface area contributed by atoms with Crippen LogP contribution in [0.15, 0.2) is 18.2 Å². The second-order valence-electron chi connectivity index (χ2n) is 5.67. The van der Waals surface area contributed by atoms with Gasteiger partial charge in [-0.2, -0.15) is 0 Å². The zero-order valence-electron chi connectivity index (χ0n) is 12.1. The van der Waals surface area contributed by atoms with Crippen molar-refractivity contribution in [3.8, 4) is 0 Å². The van der Waals surface area contributed by atoms with Gasteiger partial charge in [0.15, 0.2) is 0 Å². The molecule has 0 aliphatic heterocycles. The maximum atomic E-state index is 13.5. The van der Waals surface area contributed by atoms with Crippen molar-refractivity contribution in [2.45, 2.75) is 44.6 Å². The van der Waals surface area contributed by atoms with Gasteiger partial charge < -0.3 is 10.4 Å². The van der Waals surface area contributed by atoms with Crippen molar-refractivity contribution in [1.82, 2.24) is 5.32 Å². The molecule has 0 heterocycles. The van der Waals surface area contributed by atoms with Crippen LogP contribution in [0, 0.1) is 17.6 Å². The second-order valence-corrected chi connectivity index (χ2v) is 5.67. The van der Waals surface area contributed by atoms with E-state index in [0.29, 0.717) is 12.8 Å². The van der Waals surface area contributed by atoms with Crippen molar-refractivity contribution < 1.29 is 23.5 Å². The quantitative estimate of drug-likeness (QED) is 0.840. The Labute approximate surface area is 127 Å². The lowest BCUT2D eigenvalue weighted by Gasteiger charge is -2.23. The van der Waals surface area contributed by atoms with Crippen LogP contribution < -0.4 is 5.32 Å². The van der Waals surface area contributed by atoms with Crippen LogP contribution in [0.5, 0.6) is 0 Å². The van der Waals surface area contributed by atoms with Gasteiger partial charge in [0.1, 0.15) is 11.6 Å². The Hall–Kier alpha value is -1.98. The molecule has 2 atom stereocenters. The van der Waals surface area contributed by atoms with Crippen molar-refractivity contribution in [1.29, 1.82) is 0 Å². The van der Waals surface area contributed by atoms with Crippen molar-refractivity contribution >= 4 is 11.9 Å². The number of benzene rings is 1. The fourth-order valence-corrected chi connectivity index (χ4v) is 2.89. The minimum absolute atomic E-state index is 0.0296. The van der Waals surface area contributed by atoms with E-state index in [2.05, 4.69) is 5.32 Å². The fraction of sp³-hybridized carbons (Fsp3) is 0.500. The highest BCUT2D eigenvalue weighted by atomic mass is 19.1. The number of amides is 1. The molecule has 1 aliphatic carbocycles. The van der Waals surface area contributed by atoms with Crippen LogP contribution in [0.3, 0.4) is 0 Å². The first-order chi connectivity index (χ1) is 10.5. The molecule has 1 aliphatic rings. The maximum Gasteiger partial charge on any atom is 0.308 e. The minimum atomic E-state index is -0.927. The zero-order valence-corrected chi connectivity index (χ0v) is 12.1. The molecule has 0 bridgehead atoms. The highest BCUT2D eigenvalue weighted by molar-refractivity contribution is 5.80. The normalized spacial score (nSPS) is 21.9. The summed E-state index contributed by atoms with van der Waals surface area (Å²) in [6, 6.07) is 2.49. The summed E-state index contributed by atoms with van der Waals surface area (Å²) in [7, 11) is 0. The van der Waals surface area contributed by atoms with Crippen LogP contribution in [0.1, 0.15) is 37.7 Å². The minimum Gasteiger partial charge on any atom is -0.481 e. The number of hydrogen-bond acceptors (Lipinski definition) is 2. The molecular weight excluding hydrogens is 292 g/mol. The Kier molecular flexibility index (Phi) is 5.46. The molecule has 1 aromatic rings. The van der Waals surface area contributed by atoms with E-state index in [1.54, 1.807) is 0 Å². The van der Waals surface area contributed by atoms with Gasteiger partial charge in [0.05, 0.1) is 12.3 Å². The molecule has 6 heteroatoms. The number of carboxylic acids is 1. The van der Waals surface area contributed by atoms with E-state index >= 15 is 0 Å². The molecule has 1 aromatic carbocycles. The third-order valence-corrected chi connectivity index (χ3v) is 4.04. The first-order valence-electron chi connectivity index (χ1n) is 7.43. The number of carbonyl (C=O) groups excluding carboxylic acids is 1. The number of rotatable bonds is 4. The molecule has 0 aromatic heterocycles. The largest absolute Gasteiger partial charge is 0.481 e. The summed E-state index contributed by atoms with van der Waals surface area (Å²) in [6.45, 7) is 0. The van der Waals surface area contributed by atoms with Crippen LogP contribution in [-0.4, -0.2) is 23.0 Å². The van der Waals surface area contributed by atoms with Gasteiger partial charge in [-0.05, 0) is 31.0 Å². The number of nitrogens with one attached hydrogen (secondary N) is 1. The predicted octanol–water partition coefficient (Wildman–Crippen LogP) is 2.66. The topological polar surface area (TPSA) is 66.4 Å². The smallest absolute Gasteiger partial charge is 0.308 e.